The molecule has 31 heavy (non-hydrogen) atoms. The first-order valence-corrected chi connectivity index (χ1v) is 13.8. The highest BCUT2D eigenvalue weighted by atomic mass is 32.2. The van der Waals surface area contributed by atoms with Crippen molar-refractivity contribution in [2.45, 2.75) is 74.8 Å². The largest absolute Gasteiger partial charge is 0.373 e. The van der Waals surface area contributed by atoms with E-state index in [1.54, 1.807) is 10.4 Å². The van der Waals surface area contributed by atoms with Gasteiger partial charge in [-0.1, -0.05) is 6.42 Å². The Morgan fingerprint density at radius 1 is 1.06 bits per heavy atom. The molecule has 3 aliphatic heterocycles. The smallest absolute Gasteiger partial charge is 0.252 e. The molecule has 1 amide bonds. The predicted molar refractivity (Wildman–Crippen MR) is 122 cm³/mol. The van der Waals surface area contributed by atoms with Gasteiger partial charge in [0.2, 0.25) is 5.91 Å². The van der Waals surface area contributed by atoms with Crippen molar-refractivity contribution < 1.29 is 17.9 Å². The SMILES string of the molecule is CC1CN(CC2CCCN2C(=O)Cc2ccc(S(=O)(=O)N3CCCCC3)s2)CC(C)O1. The van der Waals surface area contributed by atoms with Crippen LogP contribution in [0.25, 0.3) is 0 Å². The Morgan fingerprint density at radius 3 is 2.48 bits per heavy atom. The monoisotopic (exact) mass is 469 g/mol. The Labute approximate surface area is 190 Å². The van der Waals surface area contributed by atoms with Gasteiger partial charge in [-0.05, 0) is 51.7 Å². The molecule has 0 radical (unpaired) electrons. The number of sulfonamides is 1. The number of likely N-dealkylation sites (tertiary alicyclic amines) is 1. The van der Waals surface area contributed by atoms with Crippen LogP contribution >= 0.6 is 11.3 Å². The molecule has 0 bridgehead atoms. The van der Waals surface area contributed by atoms with E-state index in [-0.39, 0.29) is 30.6 Å². The van der Waals surface area contributed by atoms with Crippen LogP contribution in [0, 0.1) is 0 Å². The summed E-state index contributed by atoms with van der Waals surface area (Å²) in [7, 11) is -3.43. The number of piperidine rings is 1. The summed E-state index contributed by atoms with van der Waals surface area (Å²) in [6.45, 7) is 8.91. The van der Waals surface area contributed by atoms with Crippen LogP contribution < -0.4 is 0 Å². The number of nitrogens with zero attached hydrogens (tertiary/aromatic N) is 3. The predicted octanol–water partition coefficient (Wildman–Crippen LogP) is 2.57. The minimum Gasteiger partial charge on any atom is -0.373 e. The number of ether oxygens (including phenoxy) is 1. The number of hydrogen-bond donors (Lipinski definition) is 0. The molecular formula is C22H35N3O4S2. The number of carbonyl (C=O) groups excluding carboxylic acids is 1. The van der Waals surface area contributed by atoms with Gasteiger partial charge < -0.3 is 9.64 Å². The van der Waals surface area contributed by atoms with E-state index in [0.29, 0.717) is 17.3 Å². The average Bonchev–Trinajstić information content (AvgIpc) is 3.38. The summed E-state index contributed by atoms with van der Waals surface area (Å²) in [5, 5.41) is 0. The molecule has 9 heteroatoms. The van der Waals surface area contributed by atoms with Crippen LogP contribution in [0.3, 0.4) is 0 Å². The zero-order valence-corrected chi connectivity index (χ0v) is 20.3. The number of amides is 1. The van der Waals surface area contributed by atoms with Gasteiger partial charge in [0.1, 0.15) is 4.21 Å². The zero-order valence-electron chi connectivity index (χ0n) is 18.7. The third kappa shape index (κ3) is 5.50. The Kier molecular flexibility index (Phi) is 7.37. The summed E-state index contributed by atoms with van der Waals surface area (Å²) < 4.78 is 33.6. The molecule has 1 aromatic heterocycles. The summed E-state index contributed by atoms with van der Waals surface area (Å²) in [6.07, 6.45) is 5.74. The second-order valence-corrected chi connectivity index (χ2v) is 12.6. The number of hydrogen-bond acceptors (Lipinski definition) is 6. The van der Waals surface area contributed by atoms with Gasteiger partial charge in [0.05, 0.1) is 18.6 Å². The fourth-order valence-electron chi connectivity index (χ4n) is 5.16. The summed E-state index contributed by atoms with van der Waals surface area (Å²) in [6, 6.07) is 3.73. The maximum atomic E-state index is 13.1. The Balaban J connectivity index is 1.36. The summed E-state index contributed by atoms with van der Waals surface area (Å²) in [4.78, 5) is 18.4. The molecule has 4 heterocycles. The van der Waals surface area contributed by atoms with E-state index in [0.717, 1.165) is 63.2 Å². The minimum atomic E-state index is -3.43. The van der Waals surface area contributed by atoms with Gasteiger partial charge in [0, 0.05) is 50.2 Å². The van der Waals surface area contributed by atoms with E-state index in [1.165, 1.54) is 11.3 Å². The lowest BCUT2D eigenvalue weighted by atomic mass is 10.1. The van der Waals surface area contributed by atoms with Crippen LogP contribution in [0.2, 0.25) is 0 Å². The lowest BCUT2D eigenvalue weighted by Gasteiger charge is -2.38. The van der Waals surface area contributed by atoms with E-state index in [2.05, 4.69) is 18.7 Å². The molecule has 0 aromatic carbocycles. The molecule has 3 atom stereocenters. The molecule has 3 aliphatic rings. The third-order valence-corrected chi connectivity index (χ3v) is 9.98. The van der Waals surface area contributed by atoms with Gasteiger partial charge in [0.25, 0.3) is 10.0 Å². The van der Waals surface area contributed by atoms with E-state index in [1.807, 2.05) is 11.0 Å². The van der Waals surface area contributed by atoms with Crippen LogP contribution in [0.5, 0.6) is 0 Å². The van der Waals surface area contributed by atoms with Crippen molar-refractivity contribution in [2.24, 2.45) is 0 Å². The van der Waals surface area contributed by atoms with Gasteiger partial charge in [-0.2, -0.15) is 4.31 Å². The quantitative estimate of drug-likeness (QED) is 0.640. The fourth-order valence-corrected chi connectivity index (χ4v) is 8.18. The molecule has 4 rings (SSSR count). The van der Waals surface area contributed by atoms with Crippen LogP contribution in [0.1, 0.15) is 50.8 Å². The molecule has 0 N–H and O–H groups in total. The standard InChI is InChI=1S/C22H35N3O4S2/c1-17-14-23(15-18(2)29-17)16-19-7-6-12-25(19)21(26)13-20-8-9-22(30-20)31(27,28)24-10-4-3-5-11-24/h8-9,17-19H,3-7,10-16H2,1-2H3. The van der Waals surface area contributed by atoms with Gasteiger partial charge in [-0.25, -0.2) is 8.42 Å². The van der Waals surface area contributed by atoms with Crippen LogP contribution in [-0.2, 0) is 26.0 Å². The first-order chi connectivity index (χ1) is 14.8. The zero-order chi connectivity index (χ0) is 22.0. The Hall–Kier alpha value is -1.00. The molecule has 3 fully saturated rings. The van der Waals surface area contributed by atoms with E-state index in [9.17, 15) is 13.2 Å². The summed E-state index contributed by atoms with van der Waals surface area (Å²) in [5.74, 6) is 0.112. The molecule has 0 saturated carbocycles. The van der Waals surface area contributed by atoms with Crippen LogP contribution in [-0.4, -0.2) is 85.9 Å². The molecule has 7 nitrogen and oxygen atoms in total. The van der Waals surface area contributed by atoms with Gasteiger partial charge in [-0.3, -0.25) is 9.69 Å². The maximum absolute atomic E-state index is 13.1. The third-order valence-electron chi connectivity index (χ3n) is 6.53. The van der Waals surface area contributed by atoms with Crippen molar-refractivity contribution in [3.63, 3.8) is 0 Å². The van der Waals surface area contributed by atoms with Crippen molar-refractivity contribution in [2.75, 3.05) is 39.3 Å². The van der Waals surface area contributed by atoms with Gasteiger partial charge in [-0.15, -0.1) is 11.3 Å². The molecule has 174 valence electrons. The fraction of sp³-hybridized carbons (Fsp3) is 0.773. The van der Waals surface area contributed by atoms with Crippen molar-refractivity contribution >= 4 is 27.3 Å². The second-order valence-electron chi connectivity index (χ2n) is 9.22. The maximum Gasteiger partial charge on any atom is 0.252 e. The van der Waals surface area contributed by atoms with Crippen molar-refractivity contribution in [1.29, 1.82) is 0 Å². The lowest BCUT2D eigenvalue weighted by molar-refractivity contribution is -0.132. The Bertz CT molecular complexity index is 856. The Morgan fingerprint density at radius 2 is 1.77 bits per heavy atom. The second kappa shape index (κ2) is 9.87. The van der Waals surface area contributed by atoms with Crippen LogP contribution in [0.15, 0.2) is 16.3 Å². The topological polar surface area (TPSA) is 70.2 Å². The van der Waals surface area contributed by atoms with Gasteiger partial charge >= 0.3 is 0 Å². The van der Waals surface area contributed by atoms with Crippen molar-refractivity contribution in [1.82, 2.24) is 14.1 Å². The van der Waals surface area contributed by atoms with Gasteiger partial charge in [0.15, 0.2) is 0 Å². The molecule has 3 unspecified atom stereocenters. The van der Waals surface area contributed by atoms with Crippen LogP contribution in [0.4, 0.5) is 0 Å². The molecule has 0 aliphatic carbocycles. The van der Waals surface area contributed by atoms with Crippen molar-refractivity contribution in [3.8, 4) is 0 Å². The van der Waals surface area contributed by atoms with Crippen molar-refractivity contribution in [3.05, 3.63) is 17.0 Å². The molecule has 1 aromatic rings. The summed E-state index contributed by atoms with van der Waals surface area (Å²) in [5.41, 5.74) is 0. The highest BCUT2D eigenvalue weighted by Gasteiger charge is 2.33. The lowest BCUT2D eigenvalue weighted by Crippen LogP contribution is -2.51. The summed E-state index contributed by atoms with van der Waals surface area (Å²) >= 11 is 1.25. The number of thiophene rings is 1. The minimum absolute atomic E-state index is 0.112. The van der Waals surface area contributed by atoms with E-state index >= 15 is 0 Å². The van der Waals surface area contributed by atoms with E-state index < -0.39 is 10.0 Å². The first kappa shape index (κ1) is 23.2. The molecular weight excluding hydrogens is 434 g/mol. The number of rotatable bonds is 6. The van der Waals surface area contributed by atoms with E-state index in [4.69, 9.17) is 4.74 Å². The number of carbonyl (C=O) groups is 1. The normalized spacial score (nSPS) is 28.8. The molecule has 3 saturated heterocycles. The number of morpholine rings is 1. The highest BCUT2D eigenvalue weighted by molar-refractivity contribution is 7.91. The average molecular weight is 470 g/mol. The first-order valence-electron chi connectivity index (χ1n) is 11.6. The molecule has 0 spiro atoms. The highest BCUT2D eigenvalue weighted by Crippen LogP contribution is 2.28.